The maximum Gasteiger partial charge on any atom is 0.242 e. The number of aromatic nitrogens is 3. The van der Waals surface area contributed by atoms with Gasteiger partial charge in [-0.05, 0) is 12.0 Å². The fourth-order valence-corrected chi connectivity index (χ4v) is 2.03. The summed E-state index contributed by atoms with van der Waals surface area (Å²) in [4.78, 5) is 16.2. The summed E-state index contributed by atoms with van der Waals surface area (Å²) in [6, 6.07) is 1.58. The average molecular weight is 261 g/mol. The van der Waals surface area contributed by atoms with Crippen molar-refractivity contribution >= 4 is 22.6 Å². The summed E-state index contributed by atoms with van der Waals surface area (Å²) >= 11 is 0. The molecule has 0 radical (unpaired) electrons. The van der Waals surface area contributed by atoms with E-state index in [9.17, 15) is 4.79 Å². The van der Waals surface area contributed by atoms with Crippen molar-refractivity contribution in [2.24, 2.45) is 13.0 Å². The van der Waals surface area contributed by atoms with Crippen molar-refractivity contribution in [2.45, 2.75) is 19.9 Å². The molecule has 2 heterocycles. The third kappa shape index (κ3) is 2.52. The van der Waals surface area contributed by atoms with Crippen LogP contribution in [-0.4, -0.2) is 33.8 Å². The number of amides is 1. The van der Waals surface area contributed by atoms with E-state index in [1.54, 1.807) is 24.1 Å². The van der Waals surface area contributed by atoms with Gasteiger partial charge < -0.3 is 10.6 Å². The molecule has 0 bridgehead atoms. The van der Waals surface area contributed by atoms with Gasteiger partial charge in [0.1, 0.15) is 6.04 Å². The Kier molecular flexibility index (Phi) is 3.69. The molecular weight excluding hydrogens is 242 g/mol. The summed E-state index contributed by atoms with van der Waals surface area (Å²) in [5, 5.41) is 11.1. The van der Waals surface area contributed by atoms with Crippen molar-refractivity contribution in [3.05, 3.63) is 18.5 Å². The van der Waals surface area contributed by atoms with Gasteiger partial charge in [0.2, 0.25) is 5.91 Å². The summed E-state index contributed by atoms with van der Waals surface area (Å²) in [6.45, 7) is 4.02. The zero-order chi connectivity index (χ0) is 14.0. The van der Waals surface area contributed by atoms with Crippen LogP contribution in [0, 0.1) is 5.92 Å². The number of anilines is 1. The van der Waals surface area contributed by atoms with Gasteiger partial charge in [-0.25, -0.2) is 4.98 Å². The fraction of sp³-hybridized carbons (Fsp3) is 0.462. The molecule has 102 valence electrons. The Balaban J connectivity index is 2.36. The molecule has 0 aromatic carbocycles. The minimum Gasteiger partial charge on any atom is -0.373 e. The minimum absolute atomic E-state index is 0.0242. The van der Waals surface area contributed by atoms with E-state index in [2.05, 4.69) is 20.7 Å². The maximum atomic E-state index is 11.9. The van der Waals surface area contributed by atoms with Crippen LogP contribution in [0.5, 0.6) is 0 Å². The molecule has 2 rings (SSSR count). The summed E-state index contributed by atoms with van der Waals surface area (Å²) in [5.41, 5.74) is 1.67. The van der Waals surface area contributed by atoms with Gasteiger partial charge in [-0.3, -0.25) is 9.48 Å². The second kappa shape index (κ2) is 5.26. The van der Waals surface area contributed by atoms with Crippen LogP contribution in [-0.2, 0) is 11.8 Å². The minimum atomic E-state index is -0.282. The van der Waals surface area contributed by atoms with Gasteiger partial charge in [-0.15, -0.1) is 0 Å². The molecule has 0 unspecified atom stereocenters. The van der Waals surface area contributed by atoms with Crippen LogP contribution in [0.3, 0.4) is 0 Å². The SMILES string of the molecule is CNC(=O)[C@@H](Nc1ccnc2c1cnn2C)C(C)C. The quantitative estimate of drug-likeness (QED) is 0.866. The molecule has 0 spiro atoms. The average Bonchev–Trinajstić information content (AvgIpc) is 2.77. The van der Waals surface area contributed by atoms with Crippen molar-refractivity contribution in [1.29, 1.82) is 0 Å². The lowest BCUT2D eigenvalue weighted by molar-refractivity contribution is -0.122. The zero-order valence-electron chi connectivity index (χ0n) is 11.6. The Hall–Kier alpha value is -2.11. The van der Waals surface area contributed by atoms with E-state index in [0.29, 0.717) is 0 Å². The van der Waals surface area contributed by atoms with E-state index < -0.39 is 0 Å². The first kappa shape index (κ1) is 13.3. The topological polar surface area (TPSA) is 71.8 Å². The van der Waals surface area contributed by atoms with Crippen LogP contribution < -0.4 is 10.6 Å². The molecule has 6 nitrogen and oxygen atoms in total. The number of aryl methyl sites for hydroxylation is 1. The number of pyridine rings is 1. The Morgan fingerprint density at radius 1 is 1.42 bits per heavy atom. The van der Waals surface area contributed by atoms with E-state index in [4.69, 9.17) is 0 Å². The number of likely N-dealkylation sites (N-methyl/N-ethyl adjacent to an activating group) is 1. The van der Waals surface area contributed by atoms with E-state index in [1.165, 1.54) is 0 Å². The van der Waals surface area contributed by atoms with Gasteiger partial charge in [0.25, 0.3) is 0 Å². The first-order valence-electron chi connectivity index (χ1n) is 6.29. The smallest absolute Gasteiger partial charge is 0.242 e. The number of nitrogens with zero attached hydrogens (tertiary/aromatic N) is 3. The number of rotatable bonds is 4. The second-order valence-electron chi connectivity index (χ2n) is 4.84. The molecular formula is C13H19N5O. The van der Waals surface area contributed by atoms with Crippen molar-refractivity contribution in [2.75, 3.05) is 12.4 Å². The summed E-state index contributed by atoms with van der Waals surface area (Å²) in [7, 11) is 3.49. The number of carbonyl (C=O) groups excluding carboxylic acids is 1. The van der Waals surface area contributed by atoms with E-state index in [-0.39, 0.29) is 17.9 Å². The maximum absolute atomic E-state index is 11.9. The van der Waals surface area contributed by atoms with Gasteiger partial charge in [-0.1, -0.05) is 13.8 Å². The Labute approximate surface area is 112 Å². The van der Waals surface area contributed by atoms with Gasteiger partial charge in [0.05, 0.1) is 11.6 Å². The summed E-state index contributed by atoms with van der Waals surface area (Å²) < 4.78 is 1.71. The third-order valence-corrected chi connectivity index (χ3v) is 3.14. The van der Waals surface area contributed by atoms with Gasteiger partial charge in [-0.2, -0.15) is 5.10 Å². The first-order valence-corrected chi connectivity index (χ1v) is 6.29. The lowest BCUT2D eigenvalue weighted by Gasteiger charge is -2.22. The van der Waals surface area contributed by atoms with E-state index in [0.717, 1.165) is 16.7 Å². The lowest BCUT2D eigenvalue weighted by atomic mass is 10.0. The van der Waals surface area contributed by atoms with Crippen LogP contribution >= 0.6 is 0 Å². The van der Waals surface area contributed by atoms with Crippen LogP contribution in [0.15, 0.2) is 18.5 Å². The largest absolute Gasteiger partial charge is 0.373 e. The Morgan fingerprint density at radius 2 is 2.16 bits per heavy atom. The lowest BCUT2D eigenvalue weighted by Crippen LogP contribution is -2.41. The normalized spacial score (nSPS) is 12.7. The first-order chi connectivity index (χ1) is 9.04. The van der Waals surface area contributed by atoms with Crippen molar-refractivity contribution < 1.29 is 4.79 Å². The van der Waals surface area contributed by atoms with Crippen LogP contribution in [0.25, 0.3) is 11.0 Å². The van der Waals surface area contributed by atoms with E-state index in [1.807, 2.05) is 27.0 Å². The predicted molar refractivity (Wildman–Crippen MR) is 74.8 cm³/mol. The predicted octanol–water partition coefficient (Wildman–Crippen LogP) is 1.15. The monoisotopic (exact) mass is 261 g/mol. The van der Waals surface area contributed by atoms with Crippen molar-refractivity contribution in [3.8, 4) is 0 Å². The number of hydrogen-bond acceptors (Lipinski definition) is 4. The molecule has 0 aliphatic heterocycles. The Bertz CT molecular complexity index is 590. The molecule has 2 N–H and O–H groups in total. The Morgan fingerprint density at radius 3 is 2.79 bits per heavy atom. The van der Waals surface area contributed by atoms with E-state index >= 15 is 0 Å². The molecule has 2 aromatic heterocycles. The highest BCUT2D eigenvalue weighted by molar-refractivity contribution is 5.92. The molecule has 19 heavy (non-hydrogen) atoms. The van der Waals surface area contributed by atoms with Gasteiger partial charge in [0.15, 0.2) is 5.65 Å². The fourth-order valence-electron chi connectivity index (χ4n) is 2.03. The standard InChI is InChI=1S/C13H19N5O/c1-8(2)11(13(19)14-3)17-10-5-6-15-12-9(10)7-16-18(12)4/h5-8,11H,1-4H3,(H,14,19)(H,15,17)/t11-/m0/s1. The van der Waals surface area contributed by atoms with Crippen molar-refractivity contribution in [1.82, 2.24) is 20.1 Å². The molecule has 1 atom stereocenters. The highest BCUT2D eigenvalue weighted by Crippen LogP contribution is 2.22. The molecule has 1 amide bonds. The molecule has 6 heteroatoms. The van der Waals surface area contributed by atoms with Crippen LogP contribution in [0.2, 0.25) is 0 Å². The van der Waals surface area contributed by atoms with Crippen LogP contribution in [0.4, 0.5) is 5.69 Å². The highest BCUT2D eigenvalue weighted by Gasteiger charge is 2.21. The molecule has 0 aliphatic carbocycles. The highest BCUT2D eigenvalue weighted by atomic mass is 16.2. The molecule has 0 saturated carbocycles. The number of hydrogen-bond donors (Lipinski definition) is 2. The molecule has 2 aromatic rings. The third-order valence-electron chi connectivity index (χ3n) is 3.14. The molecule has 0 aliphatic rings. The molecule has 0 saturated heterocycles. The van der Waals surface area contributed by atoms with Gasteiger partial charge >= 0.3 is 0 Å². The number of nitrogens with one attached hydrogen (secondary N) is 2. The zero-order valence-corrected chi connectivity index (χ0v) is 11.6. The summed E-state index contributed by atoms with van der Waals surface area (Å²) in [5.74, 6) is 0.156. The van der Waals surface area contributed by atoms with Crippen LogP contribution in [0.1, 0.15) is 13.8 Å². The number of carbonyl (C=O) groups is 1. The van der Waals surface area contributed by atoms with Gasteiger partial charge in [0, 0.05) is 26.0 Å². The molecule has 0 fully saturated rings. The summed E-state index contributed by atoms with van der Waals surface area (Å²) in [6.07, 6.45) is 3.47. The van der Waals surface area contributed by atoms with Crippen molar-refractivity contribution in [3.63, 3.8) is 0 Å². The second-order valence-corrected chi connectivity index (χ2v) is 4.84. The number of fused-ring (bicyclic) bond motifs is 1.